The van der Waals surface area contributed by atoms with Crippen LogP contribution in [0.25, 0.3) is 0 Å². The summed E-state index contributed by atoms with van der Waals surface area (Å²) in [5.41, 5.74) is -0.991. The molecule has 0 aromatic carbocycles. The van der Waals surface area contributed by atoms with Crippen molar-refractivity contribution in [3.63, 3.8) is 0 Å². The van der Waals surface area contributed by atoms with E-state index in [0.29, 0.717) is 6.54 Å². The van der Waals surface area contributed by atoms with Gasteiger partial charge in [-0.15, -0.1) is 0 Å². The third-order valence-electron chi connectivity index (χ3n) is 1.69. The highest BCUT2D eigenvalue weighted by molar-refractivity contribution is 5.82. The van der Waals surface area contributed by atoms with Gasteiger partial charge >= 0.3 is 5.97 Å². The Hall–Kier alpha value is -0.870. The van der Waals surface area contributed by atoms with Crippen LogP contribution in [0.1, 0.15) is 0 Å². The van der Waals surface area contributed by atoms with Crippen molar-refractivity contribution in [2.75, 3.05) is 20.3 Å². The van der Waals surface area contributed by atoms with Crippen molar-refractivity contribution in [3.8, 4) is 0 Å². The number of carboxylic acid groups (broad SMARTS) is 1. The minimum absolute atomic E-state index is 0.166. The third kappa shape index (κ3) is 1.41. The molecule has 1 rings (SSSR count). The first-order valence-corrected chi connectivity index (χ1v) is 3.36. The minimum Gasteiger partial charge on any atom is -0.480 e. The first kappa shape index (κ1) is 8.23. The van der Waals surface area contributed by atoms with Crippen LogP contribution in [0.15, 0.2) is 12.2 Å². The van der Waals surface area contributed by atoms with Gasteiger partial charge in [0.25, 0.3) is 0 Å². The lowest BCUT2D eigenvalue weighted by Crippen LogP contribution is -2.51. The molecule has 0 radical (unpaired) electrons. The van der Waals surface area contributed by atoms with E-state index in [2.05, 4.69) is 5.32 Å². The van der Waals surface area contributed by atoms with Crippen LogP contribution in [0.4, 0.5) is 0 Å². The van der Waals surface area contributed by atoms with Gasteiger partial charge in [-0.05, 0) is 0 Å². The van der Waals surface area contributed by atoms with Crippen LogP contribution in [0.2, 0.25) is 0 Å². The number of ether oxygens (including phenoxy) is 1. The van der Waals surface area contributed by atoms with E-state index in [1.54, 1.807) is 12.2 Å². The van der Waals surface area contributed by atoms with E-state index in [1.165, 1.54) is 7.11 Å². The normalized spacial score (nSPS) is 29.2. The maximum Gasteiger partial charge on any atom is 0.330 e. The molecular weight excluding hydrogens is 146 g/mol. The molecule has 0 saturated heterocycles. The fourth-order valence-corrected chi connectivity index (χ4v) is 1.10. The molecule has 0 aromatic rings. The van der Waals surface area contributed by atoms with Crippen LogP contribution in [-0.2, 0) is 9.53 Å². The van der Waals surface area contributed by atoms with Crippen molar-refractivity contribution in [1.29, 1.82) is 0 Å². The van der Waals surface area contributed by atoms with Gasteiger partial charge in [0.1, 0.15) is 0 Å². The minimum atomic E-state index is -0.991. The zero-order valence-corrected chi connectivity index (χ0v) is 6.33. The maximum absolute atomic E-state index is 10.7. The van der Waals surface area contributed by atoms with E-state index in [9.17, 15) is 4.79 Å². The molecule has 0 amide bonds. The molecule has 2 N–H and O–H groups in total. The lowest BCUT2D eigenvalue weighted by atomic mass is 10.0. The Bertz CT molecular complexity index is 190. The Morgan fingerprint density at radius 1 is 1.91 bits per heavy atom. The molecule has 4 nitrogen and oxygen atoms in total. The second-order valence-electron chi connectivity index (χ2n) is 2.49. The van der Waals surface area contributed by atoms with Gasteiger partial charge < -0.3 is 9.84 Å². The number of rotatable bonds is 3. The predicted molar refractivity (Wildman–Crippen MR) is 39.4 cm³/mol. The number of methoxy groups -OCH3 is 1. The van der Waals surface area contributed by atoms with Crippen molar-refractivity contribution in [3.05, 3.63) is 12.2 Å². The summed E-state index contributed by atoms with van der Waals surface area (Å²) in [6.45, 7) is 0.758. The smallest absolute Gasteiger partial charge is 0.330 e. The standard InChI is InChI=1S/C7H11NO3/c1-11-5-7(6(9)10)3-2-4-8-7/h2-3,8H,4-5H2,1H3,(H,9,10). The first-order chi connectivity index (χ1) is 5.21. The fourth-order valence-electron chi connectivity index (χ4n) is 1.10. The number of aliphatic carboxylic acids is 1. The molecule has 0 spiro atoms. The van der Waals surface area contributed by atoms with Gasteiger partial charge in [-0.3, -0.25) is 5.32 Å². The summed E-state index contributed by atoms with van der Waals surface area (Å²) in [5, 5.41) is 11.6. The molecule has 1 aliphatic rings. The fraction of sp³-hybridized carbons (Fsp3) is 0.571. The largest absolute Gasteiger partial charge is 0.480 e. The Labute approximate surface area is 64.9 Å². The molecule has 62 valence electrons. The molecule has 0 aliphatic carbocycles. The third-order valence-corrected chi connectivity index (χ3v) is 1.69. The van der Waals surface area contributed by atoms with Crippen LogP contribution in [0, 0.1) is 0 Å². The van der Waals surface area contributed by atoms with Gasteiger partial charge in [-0.2, -0.15) is 0 Å². The molecule has 11 heavy (non-hydrogen) atoms. The van der Waals surface area contributed by atoms with Crippen LogP contribution in [-0.4, -0.2) is 36.9 Å². The average molecular weight is 157 g/mol. The second kappa shape index (κ2) is 3.02. The van der Waals surface area contributed by atoms with Crippen molar-refractivity contribution in [2.24, 2.45) is 0 Å². The van der Waals surface area contributed by atoms with Gasteiger partial charge in [0, 0.05) is 13.7 Å². The summed E-state index contributed by atoms with van der Waals surface area (Å²) in [6.07, 6.45) is 3.41. The molecule has 0 fully saturated rings. The lowest BCUT2D eigenvalue weighted by molar-refractivity contribution is -0.144. The van der Waals surface area contributed by atoms with Crippen LogP contribution in [0.3, 0.4) is 0 Å². The predicted octanol–water partition coefficient (Wildman–Crippen LogP) is -0.384. The quantitative estimate of drug-likeness (QED) is 0.548. The van der Waals surface area contributed by atoms with E-state index in [-0.39, 0.29) is 6.61 Å². The topological polar surface area (TPSA) is 58.6 Å². The summed E-state index contributed by atoms with van der Waals surface area (Å²) in [4.78, 5) is 10.7. The zero-order chi connectivity index (χ0) is 8.32. The van der Waals surface area contributed by atoms with Crippen LogP contribution >= 0.6 is 0 Å². The Kier molecular flexibility index (Phi) is 2.26. The summed E-state index contributed by atoms with van der Waals surface area (Å²) < 4.78 is 4.80. The Morgan fingerprint density at radius 3 is 3.00 bits per heavy atom. The van der Waals surface area contributed by atoms with Gasteiger partial charge in [0.05, 0.1) is 6.61 Å². The summed E-state index contributed by atoms with van der Waals surface area (Å²) in [6, 6.07) is 0. The van der Waals surface area contributed by atoms with Gasteiger partial charge in [0.15, 0.2) is 5.54 Å². The molecule has 1 aliphatic heterocycles. The summed E-state index contributed by atoms with van der Waals surface area (Å²) in [7, 11) is 1.48. The molecule has 0 aromatic heterocycles. The van der Waals surface area contributed by atoms with Crippen molar-refractivity contribution in [1.82, 2.24) is 5.32 Å². The van der Waals surface area contributed by atoms with Crippen LogP contribution < -0.4 is 5.32 Å². The second-order valence-corrected chi connectivity index (χ2v) is 2.49. The van der Waals surface area contributed by atoms with E-state index >= 15 is 0 Å². The number of hydrogen-bond acceptors (Lipinski definition) is 3. The first-order valence-electron chi connectivity index (χ1n) is 3.36. The molecule has 4 heteroatoms. The van der Waals surface area contributed by atoms with E-state index in [1.807, 2.05) is 0 Å². The molecule has 1 heterocycles. The molecule has 1 atom stereocenters. The van der Waals surface area contributed by atoms with E-state index < -0.39 is 11.5 Å². The maximum atomic E-state index is 10.7. The Morgan fingerprint density at radius 2 is 2.64 bits per heavy atom. The lowest BCUT2D eigenvalue weighted by Gasteiger charge is -2.21. The number of hydrogen-bond donors (Lipinski definition) is 2. The Balaban J connectivity index is 2.71. The summed E-state index contributed by atoms with van der Waals surface area (Å²) >= 11 is 0. The summed E-state index contributed by atoms with van der Waals surface area (Å²) in [5.74, 6) is -0.895. The molecule has 0 saturated carbocycles. The zero-order valence-electron chi connectivity index (χ0n) is 6.33. The van der Waals surface area contributed by atoms with E-state index in [4.69, 9.17) is 9.84 Å². The highest BCUT2D eigenvalue weighted by atomic mass is 16.5. The van der Waals surface area contributed by atoms with Gasteiger partial charge in [-0.25, -0.2) is 4.79 Å². The number of carboxylic acids is 1. The monoisotopic (exact) mass is 157 g/mol. The van der Waals surface area contributed by atoms with Gasteiger partial charge in [0.2, 0.25) is 0 Å². The van der Waals surface area contributed by atoms with Crippen LogP contribution in [0.5, 0.6) is 0 Å². The SMILES string of the molecule is COCC1(C(=O)O)C=CCN1. The van der Waals surface area contributed by atoms with Gasteiger partial charge in [-0.1, -0.05) is 12.2 Å². The van der Waals surface area contributed by atoms with E-state index in [0.717, 1.165) is 0 Å². The van der Waals surface area contributed by atoms with Crippen molar-refractivity contribution in [2.45, 2.75) is 5.54 Å². The molecular formula is C7H11NO3. The van der Waals surface area contributed by atoms with Crippen molar-refractivity contribution < 1.29 is 14.6 Å². The van der Waals surface area contributed by atoms with Crippen molar-refractivity contribution >= 4 is 5.97 Å². The average Bonchev–Trinajstić information content (AvgIpc) is 2.38. The number of nitrogens with one attached hydrogen (secondary N) is 1. The highest BCUT2D eigenvalue weighted by Gasteiger charge is 2.37. The number of carbonyl (C=O) groups is 1. The highest BCUT2D eigenvalue weighted by Crippen LogP contribution is 2.12. The molecule has 0 bridgehead atoms. The molecule has 1 unspecified atom stereocenters.